The maximum absolute atomic E-state index is 12.5. The number of carbonyl (C=O) groups is 1. The van der Waals surface area contributed by atoms with Crippen LogP contribution in [-0.2, 0) is 24.1 Å². The lowest BCUT2D eigenvalue weighted by molar-refractivity contribution is 0.00564. The average Bonchev–Trinajstić information content (AvgIpc) is 2.97. The highest BCUT2D eigenvalue weighted by atomic mass is 16.5. The second-order valence-corrected chi connectivity index (χ2v) is 7.33. The summed E-state index contributed by atoms with van der Waals surface area (Å²) in [7, 11) is 0. The van der Waals surface area contributed by atoms with E-state index in [1.54, 1.807) is 0 Å². The van der Waals surface area contributed by atoms with E-state index in [0.717, 1.165) is 31.5 Å². The smallest absolute Gasteiger partial charge is 0.317 e. The SMILES string of the molecule is CC(C)C[C@@H]1COCCN1C(=O)NCCc1cn2c(n1)CCCC2. The van der Waals surface area contributed by atoms with Gasteiger partial charge in [0, 0.05) is 38.7 Å². The minimum atomic E-state index is 0.0351. The van der Waals surface area contributed by atoms with Crippen LogP contribution in [0.2, 0.25) is 0 Å². The third-order valence-corrected chi connectivity index (χ3v) is 4.85. The van der Waals surface area contributed by atoms with Crippen molar-refractivity contribution in [1.82, 2.24) is 19.8 Å². The molecule has 0 aliphatic carbocycles. The number of urea groups is 1. The molecule has 0 saturated carbocycles. The summed E-state index contributed by atoms with van der Waals surface area (Å²) in [6.07, 6.45) is 7.50. The van der Waals surface area contributed by atoms with Gasteiger partial charge in [0.25, 0.3) is 0 Å². The first-order chi connectivity index (χ1) is 11.6. The Bertz CT molecular complexity index is 532. The predicted molar refractivity (Wildman–Crippen MR) is 93.0 cm³/mol. The van der Waals surface area contributed by atoms with E-state index in [0.29, 0.717) is 32.2 Å². The van der Waals surface area contributed by atoms with E-state index >= 15 is 0 Å². The molecule has 3 heterocycles. The quantitative estimate of drug-likeness (QED) is 0.898. The van der Waals surface area contributed by atoms with Crippen LogP contribution >= 0.6 is 0 Å². The summed E-state index contributed by atoms with van der Waals surface area (Å²) in [5.74, 6) is 1.76. The number of aromatic nitrogens is 2. The molecule has 0 bridgehead atoms. The van der Waals surface area contributed by atoms with E-state index in [9.17, 15) is 4.79 Å². The van der Waals surface area contributed by atoms with Crippen molar-refractivity contribution in [2.75, 3.05) is 26.3 Å². The maximum atomic E-state index is 12.5. The van der Waals surface area contributed by atoms with Crippen LogP contribution in [0.5, 0.6) is 0 Å². The van der Waals surface area contributed by atoms with E-state index in [2.05, 4.69) is 29.9 Å². The zero-order valence-corrected chi connectivity index (χ0v) is 15.0. The molecule has 0 spiro atoms. The fourth-order valence-corrected chi connectivity index (χ4v) is 3.65. The standard InChI is InChI=1S/C18H30N4O2/c1-14(2)11-16-13-24-10-9-22(16)18(23)19-7-6-15-12-21-8-4-3-5-17(21)20-15/h12,14,16H,3-11,13H2,1-2H3,(H,19,23)/t16-/m1/s1. The molecule has 2 amide bonds. The van der Waals surface area contributed by atoms with Crippen LogP contribution in [0.4, 0.5) is 4.79 Å². The van der Waals surface area contributed by atoms with Gasteiger partial charge in [-0.25, -0.2) is 9.78 Å². The van der Waals surface area contributed by atoms with E-state index in [1.807, 2.05) is 4.90 Å². The number of aryl methyl sites for hydroxylation is 2. The Balaban J connectivity index is 1.48. The Morgan fingerprint density at radius 3 is 3.08 bits per heavy atom. The number of imidazole rings is 1. The Labute approximate surface area is 144 Å². The maximum Gasteiger partial charge on any atom is 0.317 e. The second-order valence-electron chi connectivity index (χ2n) is 7.33. The molecule has 0 unspecified atom stereocenters. The third-order valence-electron chi connectivity index (χ3n) is 4.85. The predicted octanol–water partition coefficient (Wildman–Crippen LogP) is 2.22. The summed E-state index contributed by atoms with van der Waals surface area (Å²) in [6.45, 7) is 8.06. The van der Waals surface area contributed by atoms with Crippen LogP contribution in [0.25, 0.3) is 0 Å². The molecule has 0 aromatic carbocycles. The summed E-state index contributed by atoms with van der Waals surface area (Å²) < 4.78 is 7.81. The second kappa shape index (κ2) is 8.01. The topological polar surface area (TPSA) is 59.4 Å². The Hall–Kier alpha value is -1.56. The fraction of sp³-hybridized carbons (Fsp3) is 0.778. The number of hydrogen-bond acceptors (Lipinski definition) is 3. The number of ether oxygens (including phenoxy) is 1. The molecule has 0 radical (unpaired) electrons. The van der Waals surface area contributed by atoms with Gasteiger partial charge in [-0.1, -0.05) is 13.8 Å². The summed E-state index contributed by atoms with van der Waals surface area (Å²) in [4.78, 5) is 19.1. The van der Waals surface area contributed by atoms with Gasteiger partial charge in [0.1, 0.15) is 5.82 Å². The molecule has 1 fully saturated rings. The van der Waals surface area contributed by atoms with Gasteiger partial charge in [0.2, 0.25) is 0 Å². The zero-order chi connectivity index (χ0) is 16.9. The van der Waals surface area contributed by atoms with Crippen molar-refractivity contribution in [3.63, 3.8) is 0 Å². The molecule has 1 saturated heterocycles. The molecule has 1 atom stereocenters. The van der Waals surface area contributed by atoms with Crippen LogP contribution in [0, 0.1) is 5.92 Å². The lowest BCUT2D eigenvalue weighted by Crippen LogP contribution is -2.53. The number of fused-ring (bicyclic) bond motifs is 1. The molecule has 2 aliphatic rings. The van der Waals surface area contributed by atoms with Crippen LogP contribution < -0.4 is 5.32 Å². The normalized spacial score (nSPS) is 21.0. The number of hydrogen-bond donors (Lipinski definition) is 1. The van der Waals surface area contributed by atoms with Gasteiger partial charge >= 0.3 is 6.03 Å². The van der Waals surface area contributed by atoms with Crippen LogP contribution in [0.15, 0.2) is 6.20 Å². The molecule has 6 heteroatoms. The highest BCUT2D eigenvalue weighted by Crippen LogP contribution is 2.16. The lowest BCUT2D eigenvalue weighted by atomic mass is 10.0. The molecule has 24 heavy (non-hydrogen) atoms. The molecule has 2 aliphatic heterocycles. The van der Waals surface area contributed by atoms with Gasteiger partial charge in [-0.15, -0.1) is 0 Å². The lowest BCUT2D eigenvalue weighted by Gasteiger charge is -2.36. The van der Waals surface area contributed by atoms with Crippen molar-refractivity contribution in [1.29, 1.82) is 0 Å². The summed E-state index contributed by atoms with van der Waals surface area (Å²) in [5, 5.41) is 3.07. The van der Waals surface area contributed by atoms with Crippen molar-refractivity contribution in [3.05, 3.63) is 17.7 Å². The van der Waals surface area contributed by atoms with Crippen LogP contribution in [0.3, 0.4) is 0 Å². The highest BCUT2D eigenvalue weighted by Gasteiger charge is 2.27. The van der Waals surface area contributed by atoms with Crippen molar-refractivity contribution in [2.24, 2.45) is 5.92 Å². The van der Waals surface area contributed by atoms with Crippen molar-refractivity contribution in [3.8, 4) is 0 Å². The number of carbonyl (C=O) groups excluding carboxylic acids is 1. The Kier molecular flexibility index (Phi) is 5.76. The van der Waals surface area contributed by atoms with Gasteiger partial charge in [-0.05, 0) is 25.2 Å². The summed E-state index contributed by atoms with van der Waals surface area (Å²) in [5.41, 5.74) is 1.09. The molecule has 3 rings (SSSR count). The van der Waals surface area contributed by atoms with Crippen LogP contribution in [-0.4, -0.2) is 52.8 Å². The van der Waals surface area contributed by atoms with E-state index in [-0.39, 0.29) is 12.1 Å². The largest absolute Gasteiger partial charge is 0.377 e. The fourth-order valence-electron chi connectivity index (χ4n) is 3.65. The number of nitrogens with one attached hydrogen (secondary N) is 1. The molecular weight excluding hydrogens is 304 g/mol. The number of morpholine rings is 1. The summed E-state index contributed by atoms with van der Waals surface area (Å²) >= 11 is 0. The number of amides is 2. The minimum Gasteiger partial charge on any atom is -0.377 e. The number of rotatable bonds is 5. The third kappa shape index (κ3) is 4.29. The van der Waals surface area contributed by atoms with Gasteiger partial charge in [0.05, 0.1) is 24.9 Å². The molecule has 1 aromatic heterocycles. The van der Waals surface area contributed by atoms with E-state index in [4.69, 9.17) is 9.72 Å². The zero-order valence-electron chi connectivity index (χ0n) is 15.0. The molecule has 134 valence electrons. The van der Waals surface area contributed by atoms with Gasteiger partial charge < -0.3 is 19.5 Å². The van der Waals surface area contributed by atoms with Gasteiger partial charge in [-0.2, -0.15) is 0 Å². The molecule has 1 N–H and O–H groups in total. The Morgan fingerprint density at radius 1 is 1.42 bits per heavy atom. The summed E-state index contributed by atoms with van der Waals surface area (Å²) in [6, 6.07) is 0.228. The van der Waals surface area contributed by atoms with Crippen molar-refractivity contribution >= 4 is 6.03 Å². The van der Waals surface area contributed by atoms with Crippen molar-refractivity contribution < 1.29 is 9.53 Å². The Morgan fingerprint density at radius 2 is 2.29 bits per heavy atom. The van der Waals surface area contributed by atoms with Gasteiger partial charge in [-0.3, -0.25) is 0 Å². The van der Waals surface area contributed by atoms with Gasteiger partial charge in [0.15, 0.2) is 0 Å². The van der Waals surface area contributed by atoms with E-state index < -0.39 is 0 Å². The first kappa shape index (κ1) is 17.3. The first-order valence-electron chi connectivity index (χ1n) is 9.30. The van der Waals surface area contributed by atoms with E-state index in [1.165, 1.54) is 18.7 Å². The molecular formula is C18H30N4O2. The average molecular weight is 334 g/mol. The highest BCUT2D eigenvalue weighted by molar-refractivity contribution is 5.74. The number of nitrogens with zero attached hydrogens (tertiary/aromatic N) is 3. The van der Waals surface area contributed by atoms with Crippen LogP contribution in [0.1, 0.15) is 44.6 Å². The van der Waals surface area contributed by atoms with Crippen molar-refractivity contribution in [2.45, 2.75) is 58.5 Å². The molecule has 1 aromatic rings. The monoisotopic (exact) mass is 334 g/mol. The first-order valence-corrected chi connectivity index (χ1v) is 9.30. The molecule has 6 nitrogen and oxygen atoms in total. The minimum absolute atomic E-state index is 0.0351.